The molecule has 6 aliphatic heterocycles. The second kappa shape index (κ2) is 21.5. The maximum atomic E-state index is 15.4. The molecule has 0 amide bonds. The van der Waals surface area contributed by atoms with Gasteiger partial charge in [0, 0.05) is 94.3 Å². The van der Waals surface area contributed by atoms with Crippen LogP contribution in [0.25, 0.3) is 21.1 Å². The summed E-state index contributed by atoms with van der Waals surface area (Å²) in [5, 5.41) is 24.2. The van der Waals surface area contributed by atoms with Crippen molar-refractivity contribution in [1.29, 1.82) is 0 Å². The number of piperazine rings is 2. The van der Waals surface area contributed by atoms with Crippen molar-refractivity contribution in [2.45, 2.75) is 133 Å². The van der Waals surface area contributed by atoms with Crippen molar-refractivity contribution >= 4 is 77.3 Å². The zero-order chi connectivity index (χ0) is 61.0. The molecule has 4 N–H and O–H groups in total. The lowest BCUT2D eigenvalue weighted by atomic mass is 10.1. The van der Waals surface area contributed by atoms with E-state index < -0.39 is 83.3 Å². The van der Waals surface area contributed by atoms with Gasteiger partial charge in [0.15, 0.2) is 19.7 Å². The van der Waals surface area contributed by atoms with Gasteiger partial charge >= 0.3 is 12.4 Å². The van der Waals surface area contributed by atoms with Crippen molar-refractivity contribution in [2.75, 3.05) is 91.9 Å². The van der Waals surface area contributed by atoms with E-state index in [1.165, 1.54) is 12.1 Å². The number of hydrogen-bond donors (Lipinski definition) is 4. The smallest absolute Gasteiger partial charge is 0.396 e. The minimum Gasteiger partial charge on any atom is -0.396 e. The van der Waals surface area contributed by atoms with E-state index in [9.17, 15) is 31.8 Å². The molecule has 4 bridgehead atoms. The van der Waals surface area contributed by atoms with Gasteiger partial charge in [0.1, 0.15) is 28.4 Å². The minimum absolute atomic E-state index is 0.0290. The maximum absolute atomic E-state index is 15.4. The summed E-state index contributed by atoms with van der Waals surface area (Å²) >= 11 is 1.75. The van der Waals surface area contributed by atoms with Crippen molar-refractivity contribution in [3.63, 3.8) is 0 Å². The average Bonchev–Trinajstić information content (AvgIpc) is 1.65. The number of nitrogens with zero attached hydrogens (tertiary/aromatic N) is 10. The van der Waals surface area contributed by atoms with Crippen LogP contribution in [0.15, 0.2) is 58.6 Å². The van der Waals surface area contributed by atoms with Crippen LogP contribution in [0, 0.1) is 5.92 Å². The van der Waals surface area contributed by atoms with Crippen molar-refractivity contribution in [1.82, 2.24) is 39.7 Å². The summed E-state index contributed by atoms with van der Waals surface area (Å²) in [5.74, 6) is -0.404. The number of aromatic nitrogens is 6. The molecule has 15 rings (SSSR count). The second-order valence-corrected chi connectivity index (χ2v) is 31.0. The predicted molar refractivity (Wildman–Crippen MR) is 314 cm³/mol. The summed E-state index contributed by atoms with van der Waals surface area (Å²) in [6.45, 7) is 5.79. The molecule has 12 heterocycles. The summed E-state index contributed by atoms with van der Waals surface area (Å²) in [6, 6.07) is 10.6. The highest BCUT2D eigenvalue weighted by atomic mass is 32.2. The number of alkyl halides is 6. The number of fused-ring (bicyclic) bond motifs is 7. The molecular formula is C58H62F6N12O8S4. The van der Waals surface area contributed by atoms with Crippen LogP contribution < -0.4 is 20.4 Å². The van der Waals surface area contributed by atoms with Gasteiger partial charge in [0.05, 0.1) is 100 Å². The summed E-state index contributed by atoms with van der Waals surface area (Å²) < 4.78 is 160. The molecule has 0 aromatic carbocycles. The van der Waals surface area contributed by atoms with Crippen molar-refractivity contribution in [3.05, 3.63) is 81.1 Å². The zero-order valence-corrected chi connectivity index (χ0v) is 50.7. The molecule has 3 unspecified atom stereocenters. The predicted octanol–water partition coefficient (Wildman–Crippen LogP) is 8.65. The summed E-state index contributed by atoms with van der Waals surface area (Å²) in [6.07, 6.45) is -3.85. The van der Waals surface area contributed by atoms with Crippen LogP contribution in [-0.4, -0.2) is 168 Å². The van der Waals surface area contributed by atoms with E-state index in [-0.39, 0.29) is 99.0 Å². The van der Waals surface area contributed by atoms with Gasteiger partial charge in [0.2, 0.25) is 11.9 Å². The monoisotopic (exact) mass is 1300 g/mol. The number of nitrogens with one attached hydrogen (secondary N) is 2. The first-order valence-corrected chi connectivity index (χ1v) is 34.6. The Kier molecular flexibility index (Phi) is 14.3. The lowest BCUT2D eigenvalue weighted by Crippen LogP contribution is -2.47. The molecule has 6 aromatic rings. The lowest BCUT2D eigenvalue weighted by molar-refractivity contribution is -0.138. The molecule has 3 aliphatic carbocycles. The third-order valence-corrected chi connectivity index (χ3v) is 25.9. The first-order chi connectivity index (χ1) is 42.1. The van der Waals surface area contributed by atoms with E-state index >= 15 is 21.6 Å². The van der Waals surface area contributed by atoms with Crippen LogP contribution in [0.1, 0.15) is 108 Å². The van der Waals surface area contributed by atoms with Gasteiger partial charge in [-0.3, -0.25) is 9.80 Å². The van der Waals surface area contributed by atoms with E-state index in [1.54, 1.807) is 19.1 Å². The average molecular weight is 1300 g/mol. The second-order valence-electron chi connectivity index (χ2n) is 24.7. The Bertz CT molecular complexity index is 4000. The van der Waals surface area contributed by atoms with E-state index in [0.29, 0.717) is 78.6 Å². The number of aliphatic hydroxyl groups is 2. The molecule has 88 heavy (non-hydrogen) atoms. The fourth-order valence-corrected chi connectivity index (χ4v) is 21.1. The SMILES string of the molecule is C[C@@H]1OCCS(=O)(=O)c2cc(-c3nc(Nc4ccc(N5C[C@H]6C[C@@H]5CN6CCCO)nc4C4CC4C4COC5(CC5)c5sc(-c6nc(Nc7ccc(N8C[C@H]9C[C@@H]8CN9CCO)nc7C7CC7)ncc6C(F)(F)F)cc5S4(=O)=O)ncc3C(F)(F)F)sc21. The van der Waals surface area contributed by atoms with Gasteiger partial charge < -0.3 is 40.1 Å². The number of halogens is 6. The quantitative estimate of drug-likeness (QED) is 0.0663. The standard InChI is InChI=1S/C58H62F6N12O8S4/c1-29-52-43(87(79,80)16-15-83-29)20-41(85-52)50-37(57(59,60)61)22-66-55(71-50)68-40-6-8-47(76-26-31-17-33(76)24-73(31)11-2-13-77)70-49(40)36-19-35(36)45-28-84-56(9-10-56)53-44(88(45,81)82)21-42(86-53)51-38(58(62,63)64)23-65-54(72-51)67-39-5-7-46(69-48(39)30-3-4-30)75-27-32-18-34(75)25-74(32)12-14-78/h5-8,20-23,29-36,45,77-78H,2-4,9-19,24-28H2,1H3,(H,65,67,72)(H,66,68,71)/t29-,31+,32+,33+,34+,35?,36?,45?/m0/s1. The molecule has 20 nitrogen and oxygen atoms in total. The van der Waals surface area contributed by atoms with Crippen molar-refractivity contribution < 1.29 is 62.9 Å². The number of rotatable bonds is 16. The Balaban J connectivity index is 0.749. The zero-order valence-electron chi connectivity index (χ0n) is 47.5. The van der Waals surface area contributed by atoms with Crippen molar-refractivity contribution in [2.24, 2.45) is 5.92 Å². The number of β-amino-alcohol motifs (C(OH)–C–C–N with tert-alkyl or cyclic N) is 1. The number of aliphatic hydroxyl groups excluding tert-OH is 2. The number of anilines is 6. The van der Waals surface area contributed by atoms with E-state index in [1.807, 2.05) is 12.1 Å². The lowest BCUT2D eigenvalue weighted by Gasteiger charge is -2.35. The Morgan fingerprint density at radius 3 is 1.84 bits per heavy atom. The molecule has 468 valence electrons. The fourth-order valence-electron chi connectivity index (χ4n) is 14.2. The largest absolute Gasteiger partial charge is 0.420 e. The van der Waals surface area contributed by atoms with Gasteiger partial charge in [0.25, 0.3) is 0 Å². The minimum atomic E-state index is -4.94. The highest BCUT2D eigenvalue weighted by molar-refractivity contribution is 7.92. The Hall–Kier alpha value is -5.70. The first-order valence-electron chi connectivity index (χ1n) is 29.8. The fraction of sp³-hybridized carbons (Fsp3) is 0.552. The van der Waals surface area contributed by atoms with Gasteiger partial charge in [-0.05, 0) is 101 Å². The third kappa shape index (κ3) is 10.4. The molecular weight excluding hydrogens is 1230 g/mol. The Labute approximate surface area is 510 Å². The molecule has 9 aliphatic rings. The van der Waals surface area contributed by atoms with Crippen LogP contribution in [0.2, 0.25) is 0 Å². The van der Waals surface area contributed by atoms with Gasteiger partial charge in [-0.2, -0.15) is 26.3 Å². The van der Waals surface area contributed by atoms with Crippen molar-refractivity contribution in [3.8, 4) is 21.1 Å². The van der Waals surface area contributed by atoms with E-state index in [2.05, 4.69) is 50.2 Å². The topological polar surface area (TPSA) is 242 Å². The molecule has 0 radical (unpaired) electrons. The molecule has 4 saturated heterocycles. The number of ether oxygens (including phenoxy) is 2. The maximum Gasteiger partial charge on any atom is 0.420 e. The van der Waals surface area contributed by atoms with Gasteiger partial charge in [-0.25, -0.2) is 46.7 Å². The number of hydrogen-bond acceptors (Lipinski definition) is 22. The van der Waals surface area contributed by atoms with Crippen LogP contribution in [0.5, 0.6) is 0 Å². The molecule has 30 heteroatoms. The Morgan fingerprint density at radius 1 is 0.705 bits per heavy atom. The van der Waals surface area contributed by atoms with Crippen LogP contribution >= 0.6 is 22.7 Å². The summed E-state index contributed by atoms with van der Waals surface area (Å²) in [5.41, 5.74) is -2.44. The van der Waals surface area contributed by atoms with Crippen LogP contribution in [0.4, 0.5) is 61.2 Å². The number of pyridine rings is 2. The summed E-state index contributed by atoms with van der Waals surface area (Å²) in [7, 11) is -8.29. The number of sulfone groups is 2. The molecule has 3 saturated carbocycles. The van der Waals surface area contributed by atoms with E-state index in [0.717, 1.165) is 86.0 Å². The highest BCUT2D eigenvalue weighted by Crippen LogP contribution is 2.61. The highest BCUT2D eigenvalue weighted by Gasteiger charge is 2.59. The first kappa shape index (κ1) is 58.7. The molecule has 8 atom stereocenters. The molecule has 1 spiro atoms. The van der Waals surface area contributed by atoms with Crippen LogP contribution in [0.3, 0.4) is 0 Å². The Morgan fingerprint density at radius 2 is 1.28 bits per heavy atom. The van der Waals surface area contributed by atoms with Crippen LogP contribution in [-0.2, 0) is 47.1 Å². The number of likely N-dealkylation sites (tertiary alicyclic amines) is 2. The number of thiophene rings is 2. The molecule has 6 aromatic heterocycles. The molecule has 7 fully saturated rings. The summed E-state index contributed by atoms with van der Waals surface area (Å²) in [4.78, 5) is 36.8. The third-order valence-electron chi connectivity index (χ3n) is 19.1. The van der Waals surface area contributed by atoms with Gasteiger partial charge in [-0.15, -0.1) is 22.7 Å². The van der Waals surface area contributed by atoms with Gasteiger partial charge in [-0.1, -0.05) is 0 Å². The normalized spacial score (nSPS) is 27.6. The van der Waals surface area contributed by atoms with E-state index in [4.69, 9.17) is 19.4 Å².